The molecule has 5 rings (SSSR count). The molecule has 0 radical (unpaired) electrons. The predicted octanol–water partition coefficient (Wildman–Crippen LogP) is 2.70. The number of fused-ring (bicyclic) bond motifs is 2. The number of aromatic nitrogens is 6. The van der Waals surface area contributed by atoms with Crippen molar-refractivity contribution in [3.8, 4) is 5.69 Å². The minimum absolute atomic E-state index is 0.0549. The van der Waals surface area contributed by atoms with Crippen LogP contribution in [0.1, 0.15) is 25.2 Å². The van der Waals surface area contributed by atoms with Crippen LogP contribution in [0.3, 0.4) is 0 Å². The van der Waals surface area contributed by atoms with E-state index in [0.29, 0.717) is 17.9 Å². The third-order valence-corrected chi connectivity index (χ3v) is 5.44. The van der Waals surface area contributed by atoms with Gasteiger partial charge in [-0.1, -0.05) is 31.2 Å². The van der Waals surface area contributed by atoms with Crippen LogP contribution in [0.2, 0.25) is 0 Å². The minimum atomic E-state index is -0.653. The van der Waals surface area contributed by atoms with Crippen molar-refractivity contribution in [2.24, 2.45) is 0 Å². The van der Waals surface area contributed by atoms with Crippen molar-refractivity contribution >= 4 is 33.7 Å². The SMILES string of the molecule is CCC(Nc1nc(N)nc2[nH]cnc(=O)c12)c1nc2cccc(F)c2c(=O)n1-c1ccccc1. The van der Waals surface area contributed by atoms with Crippen molar-refractivity contribution in [3.63, 3.8) is 0 Å². The van der Waals surface area contributed by atoms with E-state index >= 15 is 0 Å². The van der Waals surface area contributed by atoms with E-state index in [2.05, 4.69) is 30.2 Å². The first-order valence-corrected chi connectivity index (χ1v) is 10.5. The number of nitrogens with one attached hydrogen (secondary N) is 2. The average Bonchev–Trinajstić information content (AvgIpc) is 2.82. The van der Waals surface area contributed by atoms with Crippen molar-refractivity contribution in [2.45, 2.75) is 19.4 Å². The normalized spacial score (nSPS) is 12.2. The van der Waals surface area contributed by atoms with Crippen molar-refractivity contribution in [3.05, 3.63) is 87.2 Å². The van der Waals surface area contributed by atoms with Crippen LogP contribution in [0.15, 0.2) is 64.4 Å². The molecule has 0 aliphatic rings. The van der Waals surface area contributed by atoms with Crippen molar-refractivity contribution in [1.82, 2.24) is 29.5 Å². The number of aromatic amines is 1. The first-order valence-electron chi connectivity index (χ1n) is 10.5. The highest BCUT2D eigenvalue weighted by molar-refractivity contribution is 5.86. The molecule has 1 unspecified atom stereocenters. The van der Waals surface area contributed by atoms with E-state index < -0.39 is 23.0 Å². The summed E-state index contributed by atoms with van der Waals surface area (Å²) in [5, 5.41) is 3.19. The van der Waals surface area contributed by atoms with Gasteiger partial charge in [-0.2, -0.15) is 15.0 Å². The lowest BCUT2D eigenvalue weighted by Crippen LogP contribution is -2.29. The second-order valence-electron chi connectivity index (χ2n) is 7.55. The summed E-state index contributed by atoms with van der Waals surface area (Å²) in [5.41, 5.74) is 5.73. The Morgan fingerprint density at radius 1 is 1.06 bits per heavy atom. The van der Waals surface area contributed by atoms with Crippen LogP contribution >= 0.6 is 0 Å². The van der Waals surface area contributed by atoms with Gasteiger partial charge in [0.1, 0.15) is 28.2 Å². The van der Waals surface area contributed by atoms with Gasteiger partial charge in [0, 0.05) is 0 Å². The predicted molar refractivity (Wildman–Crippen MR) is 126 cm³/mol. The van der Waals surface area contributed by atoms with Crippen LogP contribution in [-0.4, -0.2) is 29.5 Å². The number of hydrogen-bond acceptors (Lipinski definition) is 8. The van der Waals surface area contributed by atoms with E-state index in [0.717, 1.165) is 0 Å². The number of para-hydroxylation sites is 1. The fraction of sp³-hybridized carbons (Fsp3) is 0.130. The summed E-state index contributed by atoms with van der Waals surface area (Å²) in [6, 6.07) is 12.5. The van der Waals surface area contributed by atoms with Crippen molar-refractivity contribution in [2.75, 3.05) is 11.1 Å². The molecular formula is C23H19FN8O2. The Kier molecular flexibility index (Phi) is 5.21. The Morgan fingerprint density at radius 3 is 2.62 bits per heavy atom. The Balaban J connectivity index is 1.76. The number of halogens is 1. The molecule has 0 spiro atoms. The zero-order valence-electron chi connectivity index (χ0n) is 18.0. The number of H-pyrrole nitrogens is 1. The standard InChI is InChI=1S/C23H19FN8O2/c1-2-14(28-19-17-18(30-23(25)31-19)26-11-27-21(17)33)20-29-15-10-6-9-13(24)16(15)22(34)32(20)12-7-4-3-5-8-12/h3-11,14H,2H2,1H3,(H4,25,26,27,28,30,31,33). The zero-order valence-corrected chi connectivity index (χ0v) is 18.0. The molecule has 0 aliphatic carbocycles. The molecule has 0 fully saturated rings. The molecular weight excluding hydrogens is 439 g/mol. The smallest absolute Gasteiger partial charge is 0.285 e. The molecule has 10 nitrogen and oxygen atoms in total. The molecule has 3 heterocycles. The lowest BCUT2D eigenvalue weighted by Gasteiger charge is -2.22. The van der Waals surface area contributed by atoms with Crippen LogP contribution in [-0.2, 0) is 0 Å². The highest BCUT2D eigenvalue weighted by atomic mass is 19.1. The van der Waals surface area contributed by atoms with Gasteiger partial charge in [0.2, 0.25) is 5.95 Å². The molecule has 5 aromatic rings. The summed E-state index contributed by atoms with van der Waals surface area (Å²) < 4.78 is 16.0. The molecule has 2 aromatic carbocycles. The van der Waals surface area contributed by atoms with Gasteiger partial charge in [0.25, 0.3) is 11.1 Å². The highest BCUT2D eigenvalue weighted by Gasteiger charge is 2.23. The van der Waals surface area contributed by atoms with Gasteiger partial charge in [-0.15, -0.1) is 0 Å². The molecule has 34 heavy (non-hydrogen) atoms. The Morgan fingerprint density at radius 2 is 1.85 bits per heavy atom. The van der Waals surface area contributed by atoms with E-state index in [4.69, 9.17) is 5.73 Å². The number of rotatable bonds is 5. The lowest BCUT2D eigenvalue weighted by molar-refractivity contribution is 0.630. The van der Waals surface area contributed by atoms with Crippen LogP contribution < -0.4 is 22.2 Å². The highest BCUT2D eigenvalue weighted by Crippen LogP contribution is 2.26. The first-order chi connectivity index (χ1) is 16.5. The number of nitrogen functional groups attached to an aromatic ring is 1. The summed E-state index contributed by atoms with van der Waals surface area (Å²) in [6.45, 7) is 1.88. The number of nitrogens with two attached hydrogens (primary N) is 1. The minimum Gasteiger partial charge on any atom is -0.368 e. The number of nitrogens with zero attached hydrogens (tertiary/aromatic N) is 5. The van der Waals surface area contributed by atoms with Crippen LogP contribution in [0, 0.1) is 5.82 Å². The fourth-order valence-corrected chi connectivity index (χ4v) is 3.89. The molecule has 3 aromatic heterocycles. The summed E-state index contributed by atoms with van der Waals surface area (Å²) in [6.07, 6.45) is 1.67. The monoisotopic (exact) mass is 458 g/mol. The molecule has 170 valence electrons. The molecule has 0 bridgehead atoms. The molecule has 11 heteroatoms. The van der Waals surface area contributed by atoms with Gasteiger partial charge < -0.3 is 16.0 Å². The quantitative estimate of drug-likeness (QED) is 0.365. The van der Waals surface area contributed by atoms with E-state index in [1.54, 1.807) is 30.3 Å². The number of benzene rings is 2. The molecule has 0 saturated heterocycles. The topological polar surface area (TPSA) is 144 Å². The van der Waals surface area contributed by atoms with Gasteiger partial charge in [0.15, 0.2) is 5.65 Å². The summed E-state index contributed by atoms with van der Waals surface area (Å²) in [7, 11) is 0. The zero-order chi connectivity index (χ0) is 23.8. The molecule has 4 N–H and O–H groups in total. The number of hydrogen-bond donors (Lipinski definition) is 3. The first kappa shape index (κ1) is 21.2. The second kappa shape index (κ2) is 8.35. The third-order valence-electron chi connectivity index (χ3n) is 5.44. The van der Waals surface area contributed by atoms with Crippen LogP contribution in [0.5, 0.6) is 0 Å². The van der Waals surface area contributed by atoms with Crippen LogP contribution in [0.4, 0.5) is 16.2 Å². The van der Waals surface area contributed by atoms with E-state index in [1.807, 2.05) is 13.0 Å². The third kappa shape index (κ3) is 3.52. The summed E-state index contributed by atoms with van der Waals surface area (Å²) >= 11 is 0. The van der Waals surface area contributed by atoms with Gasteiger partial charge in [-0.3, -0.25) is 14.2 Å². The van der Waals surface area contributed by atoms with Gasteiger partial charge in [-0.05, 0) is 30.7 Å². The average molecular weight is 458 g/mol. The molecule has 0 saturated carbocycles. The Hall–Kier alpha value is -4.67. The van der Waals surface area contributed by atoms with Gasteiger partial charge in [-0.25, -0.2) is 9.37 Å². The van der Waals surface area contributed by atoms with Crippen molar-refractivity contribution in [1.29, 1.82) is 0 Å². The fourth-order valence-electron chi connectivity index (χ4n) is 3.89. The van der Waals surface area contributed by atoms with Crippen molar-refractivity contribution < 1.29 is 4.39 Å². The van der Waals surface area contributed by atoms with Gasteiger partial charge >= 0.3 is 0 Å². The van der Waals surface area contributed by atoms with E-state index in [-0.39, 0.29) is 33.7 Å². The van der Waals surface area contributed by atoms with E-state index in [9.17, 15) is 14.0 Å². The van der Waals surface area contributed by atoms with E-state index in [1.165, 1.54) is 23.0 Å². The number of anilines is 2. The largest absolute Gasteiger partial charge is 0.368 e. The molecule has 1 atom stereocenters. The molecule has 0 amide bonds. The summed E-state index contributed by atoms with van der Waals surface area (Å²) in [5.74, 6) is -0.237. The lowest BCUT2D eigenvalue weighted by atomic mass is 10.1. The maximum atomic E-state index is 14.6. The Labute approximate surface area is 191 Å². The second-order valence-corrected chi connectivity index (χ2v) is 7.55. The maximum absolute atomic E-state index is 14.6. The maximum Gasteiger partial charge on any atom is 0.285 e. The summed E-state index contributed by atoms with van der Waals surface area (Å²) in [4.78, 5) is 45.4. The van der Waals surface area contributed by atoms with Crippen LogP contribution in [0.25, 0.3) is 27.6 Å². The van der Waals surface area contributed by atoms with Gasteiger partial charge in [0.05, 0.1) is 23.6 Å². The Bertz CT molecular complexity index is 1650. The molecule has 0 aliphatic heterocycles.